The largest absolute Gasteiger partial charge is 0.495 e. The molecule has 1 fully saturated rings. The maximum Gasteiger partial charge on any atom is 0.174 e. The maximum atomic E-state index is 5.84. The van der Waals surface area contributed by atoms with Crippen molar-refractivity contribution >= 4 is 23.0 Å². The third kappa shape index (κ3) is 3.71. The van der Waals surface area contributed by atoms with Gasteiger partial charge in [0.1, 0.15) is 11.8 Å². The highest BCUT2D eigenvalue weighted by atomic mass is 32.1. The lowest BCUT2D eigenvalue weighted by Crippen LogP contribution is -2.30. The minimum atomic E-state index is -0.119. The molecule has 1 aliphatic rings. The lowest BCUT2D eigenvalue weighted by Gasteiger charge is -2.29. The fourth-order valence-electron chi connectivity index (χ4n) is 4.25. The SMILES string of the molecule is COc1ccccc1N1C(=S)N[C@H](c2ccccn2)[C@H]1c1cccn1Cc1ccccn1. The third-order valence-electron chi connectivity index (χ3n) is 5.67. The molecule has 1 aliphatic heterocycles. The molecule has 0 aliphatic carbocycles. The van der Waals surface area contributed by atoms with E-state index in [9.17, 15) is 0 Å². The van der Waals surface area contributed by atoms with Crippen molar-refractivity contribution in [3.05, 3.63) is 108 Å². The van der Waals surface area contributed by atoms with E-state index in [4.69, 9.17) is 17.0 Å². The van der Waals surface area contributed by atoms with Gasteiger partial charge in [0.2, 0.25) is 0 Å². The topological polar surface area (TPSA) is 55.2 Å². The molecule has 1 N–H and O–H groups in total. The van der Waals surface area contributed by atoms with Gasteiger partial charge in [-0.1, -0.05) is 24.3 Å². The molecule has 0 unspecified atom stereocenters. The number of pyridine rings is 2. The normalized spacial score (nSPS) is 17.9. The number of hydrogen-bond acceptors (Lipinski definition) is 4. The molecule has 7 heteroatoms. The molecule has 5 rings (SSSR count). The first-order chi connectivity index (χ1) is 15.8. The summed E-state index contributed by atoms with van der Waals surface area (Å²) in [4.78, 5) is 11.3. The minimum Gasteiger partial charge on any atom is -0.495 e. The van der Waals surface area contributed by atoms with Gasteiger partial charge >= 0.3 is 0 Å². The van der Waals surface area contributed by atoms with E-state index in [1.54, 1.807) is 7.11 Å². The fourth-order valence-corrected chi connectivity index (χ4v) is 4.59. The van der Waals surface area contributed by atoms with Crippen molar-refractivity contribution in [2.45, 2.75) is 18.6 Å². The van der Waals surface area contributed by atoms with Crippen LogP contribution in [0.1, 0.15) is 29.2 Å². The number of para-hydroxylation sites is 2. The summed E-state index contributed by atoms with van der Waals surface area (Å²) in [7, 11) is 1.68. The summed E-state index contributed by atoms with van der Waals surface area (Å²) in [5.74, 6) is 0.770. The Labute approximate surface area is 192 Å². The van der Waals surface area contributed by atoms with Crippen LogP contribution in [0.3, 0.4) is 0 Å². The quantitative estimate of drug-likeness (QED) is 0.444. The van der Waals surface area contributed by atoms with Crippen molar-refractivity contribution in [3.8, 4) is 5.75 Å². The second-order valence-corrected chi connectivity index (χ2v) is 7.94. The molecule has 3 aromatic heterocycles. The Hall–Kier alpha value is -3.71. The van der Waals surface area contributed by atoms with Crippen molar-refractivity contribution < 1.29 is 4.74 Å². The number of methoxy groups -OCH3 is 1. The monoisotopic (exact) mass is 441 g/mol. The van der Waals surface area contributed by atoms with Crippen molar-refractivity contribution in [2.24, 2.45) is 0 Å². The molecule has 2 atom stereocenters. The number of thiocarbonyl (C=S) groups is 1. The van der Waals surface area contributed by atoms with Crippen molar-refractivity contribution in [3.63, 3.8) is 0 Å². The van der Waals surface area contributed by atoms with Crippen LogP contribution in [-0.2, 0) is 6.54 Å². The number of nitrogens with zero attached hydrogens (tertiary/aromatic N) is 4. The molecule has 4 heterocycles. The van der Waals surface area contributed by atoms with E-state index in [0.717, 1.165) is 28.5 Å². The van der Waals surface area contributed by atoms with Gasteiger partial charge in [-0.25, -0.2) is 0 Å². The Morgan fingerprint density at radius 2 is 1.72 bits per heavy atom. The van der Waals surface area contributed by atoms with Gasteiger partial charge in [-0.15, -0.1) is 0 Å². The van der Waals surface area contributed by atoms with E-state index in [2.05, 4.69) is 43.1 Å². The number of rotatable bonds is 6. The third-order valence-corrected chi connectivity index (χ3v) is 5.98. The predicted molar refractivity (Wildman–Crippen MR) is 129 cm³/mol. The van der Waals surface area contributed by atoms with Crippen LogP contribution in [0.25, 0.3) is 0 Å². The summed E-state index contributed by atoms with van der Waals surface area (Å²) < 4.78 is 7.90. The highest BCUT2D eigenvalue weighted by Gasteiger charge is 2.42. The first-order valence-electron chi connectivity index (χ1n) is 10.4. The number of nitrogens with one attached hydrogen (secondary N) is 1. The molecule has 1 saturated heterocycles. The van der Waals surface area contributed by atoms with Crippen LogP contribution in [0.4, 0.5) is 5.69 Å². The summed E-state index contributed by atoms with van der Waals surface area (Å²) >= 11 is 5.84. The summed E-state index contributed by atoms with van der Waals surface area (Å²) in [6.07, 6.45) is 5.72. The highest BCUT2D eigenvalue weighted by molar-refractivity contribution is 7.80. The van der Waals surface area contributed by atoms with Gasteiger partial charge < -0.3 is 19.5 Å². The number of aromatic nitrogens is 3. The molecule has 1 aromatic carbocycles. The lowest BCUT2D eigenvalue weighted by atomic mass is 10.0. The fraction of sp³-hybridized carbons (Fsp3) is 0.160. The molecule has 0 radical (unpaired) electrons. The second kappa shape index (κ2) is 8.80. The lowest BCUT2D eigenvalue weighted by molar-refractivity contribution is 0.414. The van der Waals surface area contributed by atoms with Gasteiger partial charge in [-0.3, -0.25) is 9.97 Å². The van der Waals surface area contributed by atoms with E-state index >= 15 is 0 Å². The first-order valence-corrected chi connectivity index (χ1v) is 10.9. The van der Waals surface area contributed by atoms with E-state index in [0.29, 0.717) is 11.7 Å². The zero-order valence-corrected chi connectivity index (χ0v) is 18.4. The van der Waals surface area contributed by atoms with Crippen LogP contribution in [0.2, 0.25) is 0 Å². The molecule has 6 nitrogen and oxygen atoms in total. The van der Waals surface area contributed by atoms with E-state index in [1.165, 1.54) is 0 Å². The van der Waals surface area contributed by atoms with Crippen LogP contribution < -0.4 is 15.0 Å². The molecule has 4 aromatic rings. The molecular weight excluding hydrogens is 418 g/mol. The Morgan fingerprint density at radius 1 is 0.938 bits per heavy atom. The van der Waals surface area contributed by atoms with Crippen LogP contribution in [-0.4, -0.2) is 26.8 Å². The van der Waals surface area contributed by atoms with Crippen LogP contribution >= 0.6 is 12.2 Å². The van der Waals surface area contributed by atoms with Gasteiger partial charge in [0.15, 0.2) is 5.11 Å². The Balaban J connectivity index is 1.63. The van der Waals surface area contributed by atoms with E-state index < -0.39 is 0 Å². The summed E-state index contributed by atoms with van der Waals surface area (Å²) in [5, 5.41) is 4.15. The van der Waals surface area contributed by atoms with Crippen LogP contribution in [0.15, 0.2) is 91.4 Å². The number of anilines is 1. The standard InChI is InChI=1S/C25H23N5OS/c1-31-22-13-3-2-11-20(22)30-24(23(28-25(30)32)19-10-5-7-15-27-19)21-12-8-16-29(21)17-18-9-4-6-14-26-18/h2-16,23-24H,17H2,1H3,(H,28,32)/t23-,24-/m1/s1. The predicted octanol–water partition coefficient (Wildman–Crippen LogP) is 4.51. The van der Waals surface area contributed by atoms with Crippen molar-refractivity contribution in [2.75, 3.05) is 12.0 Å². The van der Waals surface area contributed by atoms with Crippen LogP contribution in [0.5, 0.6) is 5.75 Å². The van der Waals surface area contributed by atoms with Crippen LogP contribution in [0, 0.1) is 0 Å². The molecule has 0 saturated carbocycles. The van der Waals surface area contributed by atoms with Gasteiger partial charge in [0.05, 0.1) is 36.8 Å². The average molecular weight is 442 g/mol. The number of hydrogen-bond donors (Lipinski definition) is 1. The zero-order chi connectivity index (χ0) is 21.9. The average Bonchev–Trinajstić information content (AvgIpc) is 3.43. The van der Waals surface area contributed by atoms with Gasteiger partial charge in [0, 0.05) is 24.3 Å². The zero-order valence-electron chi connectivity index (χ0n) is 17.6. The Morgan fingerprint density at radius 3 is 2.47 bits per heavy atom. The number of ether oxygens (including phenoxy) is 1. The Bertz CT molecular complexity index is 1210. The van der Waals surface area contributed by atoms with E-state index in [1.807, 2.05) is 73.1 Å². The Kier molecular flexibility index (Phi) is 5.56. The smallest absolute Gasteiger partial charge is 0.174 e. The minimum absolute atomic E-state index is 0.118. The molecule has 0 bridgehead atoms. The van der Waals surface area contributed by atoms with E-state index in [-0.39, 0.29) is 12.1 Å². The molecule has 160 valence electrons. The van der Waals surface area contributed by atoms with Crippen molar-refractivity contribution in [1.82, 2.24) is 19.9 Å². The summed E-state index contributed by atoms with van der Waals surface area (Å²) in [6, 6.07) is 23.9. The summed E-state index contributed by atoms with van der Waals surface area (Å²) in [5.41, 5.74) is 3.96. The number of benzene rings is 1. The van der Waals surface area contributed by atoms with Gasteiger partial charge in [0.25, 0.3) is 0 Å². The van der Waals surface area contributed by atoms with Crippen molar-refractivity contribution in [1.29, 1.82) is 0 Å². The molecule has 0 amide bonds. The molecule has 0 spiro atoms. The van der Waals surface area contributed by atoms with Gasteiger partial charge in [-0.2, -0.15) is 0 Å². The van der Waals surface area contributed by atoms with Gasteiger partial charge in [-0.05, 0) is 60.7 Å². The molecule has 32 heavy (non-hydrogen) atoms. The highest BCUT2D eigenvalue weighted by Crippen LogP contribution is 2.44. The summed E-state index contributed by atoms with van der Waals surface area (Å²) in [6.45, 7) is 0.668. The second-order valence-electron chi connectivity index (χ2n) is 7.55. The first kappa shape index (κ1) is 20.2. The maximum absolute atomic E-state index is 5.84. The molecular formula is C25H23N5OS.